The van der Waals surface area contributed by atoms with Crippen LogP contribution in [0.2, 0.25) is 5.15 Å². The lowest BCUT2D eigenvalue weighted by atomic mass is 9.95. The van der Waals surface area contributed by atoms with Crippen LogP contribution in [-0.2, 0) is 13.5 Å². The van der Waals surface area contributed by atoms with Crippen molar-refractivity contribution in [1.82, 2.24) is 15.1 Å². The topological polar surface area (TPSA) is 50.1 Å². The lowest BCUT2D eigenvalue weighted by molar-refractivity contribution is 0.113. The second kappa shape index (κ2) is 5.38. The molecule has 1 aliphatic rings. The van der Waals surface area contributed by atoms with Crippen LogP contribution in [0.3, 0.4) is 0 Å². The van der Waals surface area contributed by atoms with Gasteiger partial charge in [0.2, 0.25) is 0 Å². The van der Waals surface area contributed by atoms with Gasteiger partial charge in [-0.15, -0.1) is 0 Å². The molecule has 2 N–H and O–H groups in total. The van der Waals surface area contributed by atoms with Crippen molar-refractivity contribution in [3.8, 4) is 0 Å². The van der Waals surface area contributed by atoms with Crippen molar-refractivity contribution in [2.75, 3.05) is 6.54 Å². The van der Waals surface area contributed by atoms with Gasteiger partial charge in [-0.3, -0.25) is 4.68 Å². The summed E-state index contributed by atoms with van der Waals surface area (Å²) in [7, 11) is 1.82. The lowest BCUT2D eigenvalue weighted by Crippen LogP contribution is -2.44. The molecule has 2 rings (SSSR count). The van der Waals surface area contributed by atoms with Crippen molar-refractivity contribution in [1.29, 1.82) is 0 Å². The van der Waals surface area contributed by atoms with Crippen LogP contribution in [0, 0.1) is 6.92 Å². The summed E-state index contributed by atoms with van der Waals surface area (Å²) in [4.78, 5) is 0. The summed E-state index contributed by atoms with van der Waals surface area (Å²) in [6, 6.07) is 0.194. The number of aliphatic hydroxyl groups is 1. The van der Waals surface area contributed by atoms with E-state index < -0.39 is 0 Å². The van der Waals surface area contributed by atoms with Crippen molar-refractivity contribution in [2.24, 2.45) is 7.05 Å². The van der Waals surface area contributed by atoms with Crippen LogP contribution < -0.4 is 5.32 Å². The lowest BCUT2D eigenvalue weighted by Gasteiger charge is -2.28. The number of piperidine rings is 1. The first kappa shape index (κ1) is 12.9. The smallest absolute Gasteiger partial charge is 0.130 e. The second-order valence-electron chi connectivity index (χ2n) is 4.81. The van der Waals surface area contributed by atoms with Gasteiger partial charge in [-0.1, -0.05) is 18.0 Å². The highest BCUT2D eigenvalue weighted by molar-refractivity contribution is 6.30. The fourth-order valence-corrected chi connectivity index (χ4v) is 2.72. The highest BCUT2D eigenvalue weighted by Crippen LogP contribution is 2.22. The molecule has 96 valence electrons. The molecule has 1 aliphatic heterocycles. The minimum Gasteiger partial charge on any atom is -0.391 e. The summed E-state index contributed by atoms with van der Waals surface area (Å²) >= 11 is 6.17. The third kappa shape index (κ3) is 2.81. The minimum absolute atomic E-state index is 0.194. The van der Waals surface area contributed by atoms with Gasteiger partial charge < -0.3 is 10.4 Å². The van der Waals surface area contributed by atoms with E-state index in [2.05, 4.69) is 10.4 Å². The Morgan fingerprint density at radius 1 is 1.59 bits per heavy atom. The maximum Gasteiger partial charge on any atom is 0.130 e. The van der Waals surface area contributed by atoms with E-state index in [-0.39, 0.29) is 12.1 Å². The van der Waals surface area contributed by atoms with E-state index >= 15 is 0 Å². The molecule has 0 aromatic carbocycles. The molecule has 5 heteroatoms. The van der Waals surface area contributed by atoms with Crippen LogP contribution in [-0.4, -0.2) is 33.6 Å². The average Bonchev–Trinajstić information content (AvgIpc) is 2.57. The number of aryl methyl sites for hydroxylation is 2. The number of hydrogen-bond acceptors (Lipinski definition) is 3. The first-order chi connectivity index (χ1) is 8.09. The molecule has 0 saturated carbocycles. The van der Waals surface area contributed by atoms with Gasteiger partial charge in [0.1, 0.15) is 5.15 Å². The third-order valence-corrected chi connectivity index (χ3v) is 3.97. The quantitative estimate of drug-likeness (QED) is 0.861. The maximum atomic E-state index is 10.2. The number of nitrogens with zero attached hydrogens (tertiary/aromatic N) is 2. The van der Waals surface area contributed by atoms with Crippen LogP contribution in [0.4, 0.5) is 0 Å². The highest BCUT2D eigenvalue weighted by atomic mass is 35.5. The van der Waals surface area contributed by atoms with Crippen molar-refractivity contribution < 1.29 is 5.11 Å². The molecule has 17 heavy (non-hydrogen) atoms. The summed E-state index contributed by atoms with van der Waals surface area (Å²) in [5.74, 6) is 0. The van der Waals surface area contributed by atoms with Gasteiger partial charge in [0.25, 0.3) is 0 Å². The van der Waals surface area contributed by atoms with Crippen LogP contribution in [0.15, 0.2) is 0 Å². The van der Waals surface area contributed by atoms with Gasteiger partial charge in [-0.05, 0) is 26.3 Å². The summed E-state index contributed by atoms with van der Waals surface area (Å²) < 4.78 is 1.66. The van der Waals surface area contributed by atoms with Gasteiger partial charge in [0.15, 0.2) is 0 Å². The highest BCUT2D eigenvalue weighted by Gasteiger charge is 2.24. The SMILES string of the molecule is Cc1nn(C)c(Cl)c1CC(O)C1CCCCN1. The number of hydrogen-bond donors (Lipinski definition) is 2. The predicted molar refractivity (Wildman–Crippen MR) is 68.3 cm³/mol. The number of halogens is 1. The molecular weight excluding hydrogens is 238 g/mol. The molecule has 0 radical (unpaired) electrons. The Balaban J connectivity index is 2.04. The predicted octanol–water partition coefficient (Wildman–Crippen LogP) is 1.43. The Morgan fingerprint density at radius 2 is 2.35 bits per heavy atom. The first-order valence-corrected chi connectivity index (χ1v) is 6.57. The van der Waals surface area contributed by atoms with Gasteiger partial charge in [-0.25, -0.2) is 0 Å². The van der Waals surface area contributed by atoms with E-state index in [1.807, 2.05) is 14.0 Å². The fourth-order valence-electron chi connectivity index (χ4n) is 2.46. The molecule has 2 atom stereocenters. The van der Waals surface area contributed by atoms with Crippen LogP contribution >= 0.6 is 11.6 Å². The van der Waals surface area contributed by atoms with E-state index in [9.17, 15) is 5.11 Å². The Hall–Kier alpha value is -0.580. The van der Waals surface area contributed by atoms with Crippen molar-refractivity contribution in [2.45, 2.75) is 44.8 Å². The van der Waals surface area contributed by atoms with Gasteiger partial charge in [0, 0.05) is 25.1 Å². The molecule has 0 spiro atoms. The molecule has 1 aromatic heterocycles. The third-order valence-electron chi connectivity index (χ3n) is 3.50. The van der Waals surface area contributed by atoms with Crippen LogP contribution in [0.5, 0.6) is 0 Å². The summed E-state index contributed by atoms with van der Waals surface area (Å²) in [6.45, 7) is 2.93. The Labute approximate surface area is 107 Å². The largest absolute Gasteiger partial charge is 0.391 e. The molecular formula is C12H20ClN3O. The summed E-state index contributed by atoms with van der Waals surface area (Å²) in [6.07, 6.45) is 3.63. The van der Waals surface area contributed by atoms with Gasteiger partial charge in [-0.2, -0.15) is 5.10 Å². The average molecular weight is 258 g/mol. The van der Waals surface area contributed by atoms with E-state index in [1.54, 1.807) is 4.68 Å². The minimum atomic E-state index is -0.379. The molecule has 0 bridgehead atoms. The second-order valence-corrected chi connectivity index (χ2v) is 5.16. The van der Waals surface area contributed by atoms with Crippen molar-refractivity contribution in [3.63, 3.8) is 0 Å². The zero-order valence-electron chi connectivity index (χ0n) is 10.4. The number of nitrogens with one attached hydrogen (secondary N) is 1. The molecule has 0 aliphatic carbocycles. The van der Waals surface area contributed by atoms with Crippen molar-refractivity contribution in [3.05, 3.63) is 16.4 Å². The fraction of sp³-hybridized carbons (Fsp3) is 0.750. The van der Waals surface area contributed by atoms with E-state index in [4.69, 9.17) is 11.6 Å². The van der Waals surface area contributed by atoms with E-state index in [0.29, 0.717) is 11.6 Å². The maximum absolute atomic E-state index is 10.2. The Kier molecular flexibility index (Phi) is 4.07. The molecule has 1 saturated heterocycles. The molecule has 2 heterocycles. The standard InChI is InChI=1S/C12H20ClN3O/c1-8-9(12(13)16(2)15-8)7-11(17)10-5-3-4-6-14-10/h10-11,14,17H,3-7H2,1-2H3. The Morgan fingerprint density at radius 3 is 2.88 bits per heavy atom. The number of rotatable bonds is 3. The van der Waals surface area contributed by atoms with Crippen LogP contribution in [0.1, 0.15) is 30.5 Å². The zero-order valence-corrected chi connectivity index (χ0v) is 11.2. The summed E-state index contributed by atoms with van der Waals surface area (Å²) in [5, 5.41) is 18.5. The molecule has 1 fully saturated rings. The van der Waals surface area contributed by atoms with Gasteiger partial charge >= 0.3 is 0 Å². The zero-order chi connectivity index (χ0) is 12.4. The molecule has 2 unspecified atom stereocenters. The number of aromatic nitrogens is 2. The van der Waals surface area contributed by atoms with Crippen molar-refractivity contribution >= 4 is 11.6 Å². The normalized spacial score (nSPS) is 22.7. The molecule has 1 aromatic rings. The summed E-state index contributed by atoms with van der Waals surface area (Å²) in [5.41, 5.74) is 1.88. The Bertz CT molecular complexity index is 385. The monoisotopic (exact) mass is 257 g/mol. The van der Waals surface area contributed by atoms with Crippen LogP contribution in [0.25, 0.3) is 0 Å². The molecule has 0 amide bonds. The molecule has 4 nitrogen and oxygen atoms in total. The first-order valence-electron chi connectivity index (χ1n) is 6.19. The van der Waals surface area contributed by atoms with E-state index in [1.165, 1.54) is 12.8 Å². The van der Waals surface area contributed by atoms with E-state index in [0.717, 1.165) is 24.2 Å². The number of aliphatic hydroxyl groups excluding tert-OH is 1. The van der Waals surface area contributed by atoms with Gasteiger partial charge in [0.05, 0.1) is 11.8 Å².